The lowest BCUT2D eigenvalue weighted by Gasteiger charge is -2.11. The first-order chi connectivity index (χ1) is 8.15. The fourth-order valence-electron chi connectivity index (χ4n) is 1.53. The zero-order chi connectivity index (χ0) is 12.7. The van der Waals surface area contributed by atoms with Crippen LogP contribution in [0, 0.1) is 0 Å². The molecule has 0 aromatic carbocycles. The second-order valence-electron chi connectivity index (χ2n) is 4.07. The van der Waals surface area contributed by atoms with Gasteiger partial charge < -0.3 is 14.6 Å². The van der Waals surface area contributed by atoms with E-state index in [4.69, 9.17) is 4.74 Å². The molecule has 1 amide bonds. The predicted molar refractivity (Wildman–Crippen MR) is 65.6 cm³/mol. The third-order valence-corrected chi connectivity index (χ3v) is 2.43. The van der Waals surface area contributed by atoms with Gasteiger partial charge in [-0.2, -0.15) is 0 Å². The van der Waals surface area contributed by atoms with Crippen LogP contribution in [0.3, 0.4) is 0 Å². The second kappa shape index (κ2) is 7.06. The van der Waals surface area contributed by atoms with Crippen molar-refractivity contribution in [2.45, 2.75) is 39.8 Å². The van der Waals surface area contributed by atoms with Crippen LogP contribution >= 0.6 is 0 Å². The van der Waals surface area contributed by atoms with Crippen LogP contribution in [0.4, 0.5) is 0 Å². The van der Waals surface area contributed by atoms with Gasteiger partial charge in [0.05, 0.1) is 13.2 Å². The number of nitrogens with zero attached hydrogens (tertiary/aromatic N) is 2. The zero-order valence-electron chi connectivity index (χ0n) is 10.8. The molecule has 0 spiro atoms. The van der Waals surface area contributed by atoms with Crippen LogP contribution in [0.5, 0.6) is 0 Å². The smallest absolute Gasteiger partial charge is 0.222 e. The van der Waals surface area contributed by atoms with Crippen molar-refractivity contribution in [3.63, 3.8) is 0 Å². The maximum atomic E-state index is 11.5. The molecule has 96 valence electrons. The Morgan fingerprint density at radius 3 is 3.00 bits per heavy atom. The van der Waals surface area contributed by atoms with Gasteiger partial charge in [-0.3, -0.25) is 4.79 Å². The van der Waals surface area contributed by atoms with E-state index >= 15 is 0 Å². The number of rotatable bonds is 7. The van der Waals surface area contributed by atoms with Crippen molar-refractivity contribution >= 4 is 5.91 Å². The molecule has 0 aliphatic rings. The Hall–Kier alpha value is -1.36. The predicted octanol–water partition coefficient (Wildman–Crippen LogP) is 1.51. The highest BCUT2D eigenvalue weighted by Crippen LogP contribution is 2.07. The SMILES string of the molecule is CCOCCC(=O)NCc1nccn1C(C)C. The lowest BCUT2D eigenvalue weighted by molar-refractivity contribution is -0.122. The van der Waals surface area contributed by atoms with Crippen molar-refractivity contribution in [1.29, 1.82) is 0 Å². The standard InChI is InChI=1S/C12H21N3O2/c1-4-17-8-5-12(16)14-9-11-13-6-7-15(11)10(2)3/h6-7,10H,4-5,8-9H2,1-3H3,(H,14,16). The van der Waals surface area contributed by atoms with Gasteiger partial charge in [-0.15, -0.1) is 0 Å². The van der Waals surface area contributed by atoms with Crippen LogP contribution in [0.1, 0.15) is 39.1 Å². The Morgan fingerprint density at radius 1 is 1.59 bits per heavy atom. The number of aromatic nitrogens is 2. The summed E-state index contributed by atoms with van der Waals surface area (Å²) in [6, 6.07) is 0.354. The van der Waals surface area contributed by atoms with Gasteiger partial charge in [0.2, 0.25) is 5.91 Å². The lowest BCUT2D eigenvalue weighted by Crippen LogP contribution is -2.25. The third-order valence-electron chi connectivity index (χ3n) is 2.43. The molecule has 0 bridgehead atoms. The lowest BCUT2D eigenvalue weighted by atomic mass is 10.3. The minimum absolute atomic E-state index is 0.00300. The highest BCUT2D eigenvalue weighted by molar-refractivity contribution is 5.75. The molecule has 0 aliphatic carbocycles. The molecular weight excluding hydrogens is 218 g/mol. The molecule has 1 aromatic heterocycles. The number of amides is 1. The molecule has 0 saturated carbocycles. The molecule has 1 N–H and O–H groups in total. The Kier molecular flexibility index (Phi) is 5.69. The highest BCUT2D eigenvalue weighted by Gasteiger charge is 2.07. The highest BCUT2D eigenvalue weighted by atomic mass is 16.5. The fraction of sp³-hybridized carbons (Fsp3) is 0.667. The van der Waals surface area contributed by atoms with Crippen molar-refractivity contribution in [2.24, 2.45) is 0 Å². The number of imidazole rings is 1. The van der Waals surface area contributed by atoms with Gasteiger partial charge in [0.25, 0.3) is 0 Å². The molecule has 0 unspecified atom stereocenters. The van der Waals surface area contributed by atoms with Gasteiger partial charge in [-0.25, -0.2) is 4.98 Å². The van der Waals surface area contributed by atoms with Crippen LogP contribution < -0.4 is 5.32 Å². The average molecular weight is 239 g/mol. The first-order valence-electron chi connectivity index (χ1n) is 6.01. The minimum Gasteiger partial charge on any atom is -0.381 e. The minimum atomic E-state index is -0.00300. The van der Waals surface area contributed by atoms with E-state index in [9.17, 15) is 4.79 Å². The van der Waals surface area contributed by atoms with E-state index in [2.05, 4.69) is 24.1 Å². The Morgan fingerprint density at radius 2 is 2.35 bits per heavy atom. The van der Waals surface area contributed by atoms with E-state index in [1.165, 1.54) is 0 Å². The Labute approximate surface area is 102 Å². The quantitative estimate of drug-likeness (QED) is 0.734. The van der Waals surface area contributed by atoms with Crippen molar-refractivity contribution < 1.29 is 9.53 Å². The monoisotopic (exact) mass is 239 g/mol. The summed E-state index contributed by atoms with van der Waals surface area (Å²) in [5.74, 6) is 0.876. The van der Waals surface area contributed by atoms with Gasteiger partial charge in [-0.05, 0) is 20.8 Å². The largest absolute Gasteiger partial charge is 0.381 e. The van der Waals surface area contributed by atoms with Gasteiger partial charge in [0, 0.05) is 31.5 Å². The van der Waals surface area contributed by atoms with Gasteiger partial charge in [-0.1, -0.05) is 0 Å². The molecule has 1 rings (SSSR count). The zero-order valence-corrected chi connectivity index (χ0v) is 10.8. The molecule has 1 heterocycles. The number of carbonyl (C=O) groups is 1. The maximum absolute atomic E-state index is 11.5. The number of carbonyl (C=O) groups excluding carboxylic acids is 1. The van der Waals surface area contributed by atoms with Crippen LogP contribution in [-0.2, 0) is 16.1 Å². The van der Waals surface area contributed by atoms with Gasteiger partial charge in [0.15, 0.2) is 0 Å². The van der Waals surface area contributed by atoms with Gasteiger partial charge >= 0.3 is 0 Å². The molecule has 0 radical (unpaired) electrons. The van der Waals surface area contributed by atoms with Crippen molar-refractivity contribution in [1.82, 2.24) is 14.9 Å². The summed E-state index contributed by atoms with van der Waals surface area (Å²) >= 11 is 0. The Balaban J connectivity index is 2.34. The maximum Gasteiger partial charge on any atom is 0.222 e. The van der Waals surface area contributed by atoms with E-state index in [1.54, 1.807) is 6.20 Å². The first-order valence-corrected chi connectivity index (χ1v) is 6.01. The van der Waals surface area contributed by atoms with E-state index in [1.807, 2.05) is 17.7 Å². The third kappa shape index (κ3) is 4.56. The van der Waals surface area contributed by atoms with E-state index in [0.29, 0.717) is 32.2 Å². The molecule has 0 fully saturated rings. The number of hydrogen-bond donors (Lipinski definition) is 1. The summed E-state index contributed by atoms with van der Waals surface area (Å²) in [5, 5.41) is 2.84. The van der Waals surface area contributed by atoms with E-state index in [-0.39, 0.29) is 5.91 Å². The molecule has 0 saturated heterocycles. The molecule has 0 atom stereocenters. The summed E-state index contributed by atoms with van der Waals surface area (Å²) in [4.78, 5) is 15.7. The van der Waals surface area contributed by atoms with Crippen LogP contribution in [0.2, 0.25) is 0 Å². The van der Waals surface area contributed by atoms with Gasteiger partial charge in [0.1, 0.15) is 5.82 Å². The summed E-state index contributed by atoms with van der Waals surface area (Å²) in [6.07, 6.45) is 4.07. The summed E-state index contributed by atoms with van der Waals surface area (Å²) in [7, 11) is 0. The molecule has 5 heteroatoms. The molecule has 5 nitrogen and oxygen atoms in total. The molecular formula is C12H21N3O2. The van der Waals surface area contributed by atoms with Crippen molar-refractivity contribution in [3.05, 3.63) is 18.2 Å². The van der Waals surface area contributed by atoms with Crippen LogP contribution in [-0.4, -0.2) is 28.7 Å². The van der Waals surface area contributed by atoms with Crippen LogP contribution in [0.25, 0.3) is 0 Å². The molecule has 1 aromatic rings. The normalized spacial score (nSPS) is 10.8. The van der Waals surface area contributed by atoms with E-state index in [0.717, 1.165) is 5.82 Å². The summed E-state index contributed by atoms with van der Waals surface area (Å²) in [6.45, 7) is 7.67. The number of hydrogen-bond acceptors (Lipinski definition) is 3. The number of nitrogens with one attached hydrogen (secondary N) is 1. The second-order valence-corrected chi connectivity index (χ2v) is 4.07. The summed E-state index contributed by atoms with van der Waals surface area (Å²) < 4.78 is 7.17. The summed E-state index contributed by atoms with van der Waals surface area (Å²) in [5.41, 5.74) is 0. The van der Waals surface area contributed by atoms with Crippen molar-refractivity contribution in [2.75, 3.05) is 13.2 Å². The molecule has 17 heavy (non-hydrogen) atoms. The topological polar surface area (TPSA) is 56.1 Å². The first kappa shape index (κ1) is 13.7. The van der Waals surface area contributed by atoms with Crippen molar-refractivity contribution in [3.8, 4) is 0 Å². The average Bonchev–Trinajstić information content (AvgIpc) is 2.75. The number of ether oxygens (including phenoxy) is 1. The Bertz CT molecular complexity index is 347. The van der Waals surface area contributed by atoms with Crippen LogP contribution in [0.15, 0.2) is 12.4 Å². The van der Waals surface area contributed by atoms with E-state index < -0.39 is 0 Å². The molecule has 0 aliphatic heterocycles. The fourth-order valence-corrected chi connectivity index (χ4v) is 1.53.